The Morgan fingerprint density at radius 1 is 1.27 bits per heavy atom. The number of hydrogen-bond acceptors (Lipinski definition) is 5. The van der Waals surface area contributed by atoms with Crippen LogP contribution in [-0.4, -0.2) is 57.0 Å². The van der Waals surface area contributed by atoms with Crippen molar-refractivity contribution in [1.29, 1.82) is 0 Å². The molecule has 0 N–H and O–H groups in total. The first-order valence-corrected chi connectivity index (χ1v) is 10.3. The van der Waals surface area contributed by atoms with Gasteiger partial charge in [-0.25, -0.2) is 8.42 Å². The van der Waals surface area contributed by atoms with E-state index in [4.69, 9.17) is 4.74 Å². The fourth-order valence-corrected chi connectivity index (χ4v) is 7.40. The van der Waals surface area contributed by atoms with Gasteiger partial charge in [0.25, 0.3) is 10.0 Å². The summed E-state index contributed by atoms with van der Waals surface area (Å²) in [6.07, 6.45) is 3.82. The zero-order valence-electron chi connectivity index (χ0n) is 12.8. The molecule has 0 radical (unpaired) electrons. The molecule has 3 aliphatic rings. The monoisotopic (exact) mass is 342 g/mol. The summed E-state index contributed by atoms with van der Waals surface area (Å²) in [7, 11) is -1.88. The van der Waals surface area contributed by atoms with Crippen LogP contribution in [0.2, 0.25) is 0 Å². The van der Waals surface area contributed by atoms with Gasteiger partial charge in [0.2, 0.25) is 0 Å². The third-order valence-electron chi connectivity index (χ3n) is 5.48. The number of thiophene rings is 1. The van der Waals surface area contributed by atoms with Gasteiger partial charge in [0.05, 0.1) is 7.11 Å². The highest BCUT2D eigenvalue weighted by Gasteiger charge is 2.50. The molecule has 1 aromatic heterocycles. The Hall–Kier alpha value is -0.630. The molecule has 22 heavy (non-hydrogen) atoms. The number of ether oxygens (including phenoxy) is 1. The number of rotatable bonds is 3. The van der Waals surface area contributed by atoms with Crippen LogP contribution in [0.25, 0.3) is 0 Å². The Labute approximate surface area is 135 Å². The molecule has 7 heteroatoms. The summed E-state index contributed by atoms with van der Waals surface area (Å²) in [5.74, 6) is 1.49. The van der Waals surface area contributed by atoms with Gasteiger partial charge in [-0.1, -0.05) is 6.42 Å². The van der Waals surface area contributed by atoms with Gasteiger partial charge in [0, 0.05) is 25.7 Å². The highest BCUT2D eigenvalue weighted by molar-refractivity contribution is 7.91. The molecule has 3 aliphatic heterocycles. The van der Waals surface area contributed by atoms with E-state index in [0.29, 0.717) is 40.9 Å². The Kier molecular flexibility index (Phi) is 3.71. The van der Waals surface area contributed by atoms with Crippen molar-refractivity contribution in [1.82, 2.24) is 9.21 Å². The first-order chi connectivity index (χ1) is 10.6. The molecule has 4 heterocycles. The lowest BCUT2D eigenvalue weighted by atomic mass is 9.90. The SMILES string of the molecule is COc1ccsc1S(=O)(=O)N1C[C@@H]2CN3CCCC[C@@H]3[C@@H]2C1. The third kappa shape index (κ3) is 2.21. The maximum atomic E-state index is 12.9. The minimum Gasteiger partial charge on any atom is -0.494 e. The summed E-state index contributed by atoms with van der Waals surface area (Å²) in [4.78, 5) is 2.59. The van der Waals surface area contributed by atoms with Crippen LogP contribution in [0.3, 0.4) is 0 Å². The van der Waals surface area contributed by atoms with E-state index in [1.807, 2.05) is 0 Å². The fourth-order valence-electron chi connectivity index (χ4n) is 4.45. The highest BCUT2D eigenvalue weighted by Crippen LogP contribution is 2.43. The smallest absolute Gasteiger partial charge is 0.256 e. The summed E-state index contributed by atoms with van der Waals surface area (Å²) < 4.78 is 33.1. The van der Waals surface area contributed by atoms with Crippen LogP contribution < -0.4 is 4.74 Å². The van der Waals surface area contributed by atoms with Crippen molar-refractivity contribution in [3.05, 3.63) is 11.4 Å². The lowest BCUT2D eigenvalue weighted by Gasteiger charge is -2.33. The van der Waals surface area contributed by atoms with E-state index in [2.05, 4.69) is 4.90 Å². The van der Waals surface area contributed by atoms with E-state index in [-0.39, 0.29) is 0 Å². The molecule has 0 bridgehead atoms. The highest BCUT2D eigenvalue weighted by atomic mass is 32.2. The number of nitrogens with zero attached hydrogens (tertiary/aromatic N) is 2. The van der Waals surface area contributed by atoms with Gasteiger partial charge >= 0.3 is 0 Å². The zero-order valence-corrected chi connectivity index (χ0v) is 14.4. The van der Waals surface area contributed by atoms with E-state index in [1.165, 1.54) is 44.3 Å². The standard InChI is InChI=1S/C15H22N2O3S2/c1-20-14-5-7-21-15(14)22(18,19)17-9-11-8-16-6-3-2-4-13(16)12(11)10-17/h5,7,11-13H,2-4,6,8-10H2,1H3/t11-,12+,13+/m0/s1. The van der Waals surface area contributed by atoms with Crippen LogP contribution in [0.15, 0.2) is 15.7 Å². The van der Waals surface area contributed by atoms with Crippen molar-refractivity contribution >= 4 is 21.4 Å². The van der Waals surface area contributed by atoms with E-state index in [0.717, 1.165) is 6.54 Å². The van der Waals surface area contributed by atoms with Gasteiger partial charge in [-0.15, -0.1) is 11.3 Å². The van der Waals surface area contributed by atoms with Crippen molar-refractivity contribution in [3.63, 3.8) is 0 Å². The predicted octanol–water partition coefficient (Wildman–Crippen LogP) is 1.86. The maximum Gasteiger partial charge on any atom is 0.256 e. The van der Waals surface area contributed by atoms with Crippen LogP contribution in [0.5, 0.6) is 5.75 Å². The summed E-state index contributed by atoms with van der Waals surface area (Å²) in [6, 6.07) is 2.33. The van der Waals surface area contributed by atoms with Crippen molar-refractivity contribution in [2.45, 2.75) is 29.5 Å². The largest absolute Gasteiger partial charge is 0.494 e. The molecule has 3 fully saturated rings. The molecule has 5 nitrogen and oxygen atoms in total. The summed E-state index contributed by atoms with van der Waals surface area (Å²) in [5, 5.41) is 1.78. The van der Waals surface area contributed by atoms with Gasteiger partial charge < -0.3 is 4.74 Å². The third-order valence-corrected chi connectivity index (χ3v) is 8.73. The summed E-state index contributed by atoms with van der Waals surface area (Å²) >= 11 is 1.25. The molecule has 0 aliphatic carbocycles. The average Bonchev–Trinajstić information content (AvgIpc) is 3.20. The number of hydrogen-bond donors (Lipinski definition) is 0. The van der Waals surface area contributed by atoms with Gasteiger partial charge in [-0.2, -0.15) is 4.31 Å². The first kappa shape index (κ1) is 14.9. The molecule has 4 rings (SSSR count). The van der Waals surface area contributed by atoms with E-state index < -0.39 is 10.0 Å². The lowest BCUT2D eigenvalue weighted by molar-refractivity contribution is 0.165. The minimum atomic E-state index is -3.41. The summed E-state index contributed by atoms with van der Waals surface area (Å²) in [5.41, 5.74) is 0. The van der Waals surface area contributed by atoms with Crippen LogP contribution in [-0.2, 0) is 10.0 Å². The molecular weight excluding hydrogens is 320 g/mol. The molecule has 122 valence electrons. The van der Waals surface area contributed by atoms with Crippen LogP contribution in [0, 0.1) is 11.8 Å². The molecule has 0 saturated carbocycles. The molecule has 3 saturated heterocycles. The molecule has 3 atom stereocenters. The van der Waals surface area contributed by atoms with Gasteiger partial charge in [-0.3, -0.25) is 4.90 Å². The minimum absolute atomic E-state index is 0.357. The fraction of sp³-hybridized carbons (Fsp3) is 0.733. The topological polar surface area (TPSA) is 49.9 Å². The zero-order chi connectivity index (χ0) is 15.3. The van der Waals surface area contributed by atoms with Crippen molar-refractivity contribution in [3.8, 4) is 5.75 Å². The number of piperidine rings is 1. The van der Waals surface area contributed by atoms with Crippen molar-refractivity contribution in [2.75, 3.05) is 33.3 Å². The number of fused-ring (bicyclic) bond motifs is 3. The second-order valence-electron chi connectivity index (χ2n) is 6.58. The number of methoxy groups -OCH3 is 1. The lowest BCUT2D eigenvalue weighted by Crippen LogP contribution is -2.40. The van der Waals surface area contributed by atoms with Crippen molar-refractivity contribution in [2.24, 2.45) is 11.8 Å². The van der Waals surface area contributed by atoms with Gasteiger partial charge in [0.1, 0.15) is 5.75 Å². The van der Waals surface area contributed by atoms with Crippen LogP contribution in [0.1, 0.15) is 19.3 Å². The molecular formula is C15H22N2O3S2. The normalized spacial score (nSPS) is 32.9. The second-order valence-corrected chi connectivity index (χ2v) is 9.63. The van der Waals surface area contributed by atoms with Crippen LogP contribution in [0.4, 0.5) is 0 Å². The van der Waals surface area contributed by atoms with E-state index in [1.54, 1.807) is 15.8 Å². The quantitative estimate of drug-likeness (QED) is 0.841. The molecule has 0 spiro atoms. The molecule has 0 unspecified atom stereocenters. The second kappa shape index (κ2) is 5.47. The van der Waals surface area contributed by atoms with Crippen molar-refractivity contribution < 1.29 is 13.2 Å². The maximum absolute atomic E-state index is 12.9. The predicted molar refractivity (Wildman–Crippen MR) is 85.8 cm³/mol. The molecule has 0 amide bonds. The molecule has 0 aromatic carbocycles. The Balaban J connectivity index is 1.56. The Bertz CT molecular complexity index is 657. The Morgan fingerprint density at radius 2 is 2.14 bits per heavy atom. The first-order valence-electron chi connectivity index (χ1n) is 7.97. The number of sulfonamides is 1. The van der Waals surface area contributed by atoms with E-state index >= 15 is 0 Å². The van der Waals surface area contributed by atoms with E-state index in [9.17, 15) is 8.42 Å². The van der Waals surface area contributed by atoms with Gasteiger partial charge in [-0.05, 0) is 42.7 Å². The average molecular weight is 342 g/mol. The Morgan fingerprint density at radius 3 is 2.95 bits per heavy atom. The van der Waals surface area contributed by atoms with Crippen LogP contribution >= 0.6 is 11.3 Å². The van der Waals surface area contributed by atoms with Gasteiger partial charge in [0.15, 0.2) is 4.21 Å². The molecule has 1 aromatic rings. The summed E-state index contributed by atoms with van der Waals surface area (Å²) in [6.45, 7) is 3.61.